The van der Waals surface area contributed by atoms with Crippen LogP contribution in [0.1, 0.15) is 0 Å². The first-order valence-corrected chi connectivity index (χ1v) is 5.40. The van der Waals surface area contributed by atoms with E-state index in [1.807, 2.05) is 36.4 Å². The van der Waals surface area contributed by atoms with Crippen LogP contribution in [0, 0.1) is 0 Å². The molecule has 70 valence electrons. The van der Waals surface area contributed by atoms with Gasteiger partial charge in [-0.2, -0.15) is 0 Å². The van der Waals surface area contributed by atoms with Gasteiger partial charge in [-0.15, -0.1) is 0 Å². The fourth-order valence-electron chi connectivity index (χ4n) is 1.40. The van der Waals surface area contributed by atoms with E-state index in [9.17, 15) is 0 Å². The van der Waals surface area contributed by atoms with E-state index in [0.29, 0.717) is 0 Å². The number of hydrogen-bond donors (Lipinski definition) is 1. The van der Waals surface area contributed by atoms with Crippen molar-refractivity contribution >= 4 is 14.1 Å². The predicted molar refractivity (Wildman–Crippen MR) is 62.0 cm³/mol. The van der Waals surface area contributed by atoms with Crippen LogP contribution in [-0.4, -0.2) is 4.89 Å². The van der Waals surface area contributed by atoms with Crippen molar-refractivity contribution in [1.82, 2.24) is 0 Å². The Hall–Kier alpha value is -1.17. The Kier molecular flexibility index (Phi) is 2.93. The van der Waals surface area contributed by atoms with E-state index < -0.39 is 0 Å². The maximum atomic E-state index is 9.04. The molecule has 0 aliphatic rings. The van der Waals surface area contributed by atoms with E-state index in [1.165, 1.54) is 5.56 Å². The Bertz CT molecular complexity index is 412. The van der Waals surface area contributed by atoms with Gasteiger partial charge >= 0.3 is 0 Å². The minimum Gasteiger partial charge on any atom is -0.372 e. The Morgan fingerprint density at radius 2 is 1.50 bits per heavy atom. The van der Waals surface area contributed by atoms with Gasteiger partial charge in [0.2, 0.25) is 0 Å². The normalized spacial score (nSPS) is 10.9. The smallest absolute Gasteiger partial charge is 0.0420 e. The third-order valence-corrected chi connectivity index (χ3v) is 2.67. The van der Waals surface area contributed by atoms with Crippen LogP contribution in [0.2, 0.25) is 0 Å². The molecule has 1 unspecified atom stereocenters. The van der Waals surface area contributed by atoms with Crippen LogP contribution in [-0.2, 0) is 0 Å². The molecule has 0 bridgehead atoms. The van der Waals surface area contributed by atoms with E-state index in [4.69, 9.17) is 4.89 Å². The summed E-state index contributed by atoms with van der Waals surface area (Å²) >= 11 is 0. The van der Waals surface area contributed by atoms with Crippen molar-refractivity contribution in [3.8, 4) is 11.1 Å². The topological polar surface area (TPSA) is 20.2 Å². The molecule has 0 radical (unpaired) electrons. The van der Waals surface area contributed by atoms with E-state index in [-0.39, 0.29) is 8.81 Å². The minimum absolute atomic E-state index is 0.129. The summed E-state index contributed by atoms with van der Waals surface area (Å²) in [6, 6.07) is 18.2. The third kappa shape index (κ3) is 2.01. The van der Waals surface area contributed by atoms with Gasteiger partial charge in [0.25, 0.3) is 0 Å². The van der Waals surface area contributed by atoms with Gasteiger partial charge < -0.3 is 4.89 Å². The van der Waals surface area contributed by atoms with Crippen LogP contribution >= 0.6 is 8.81 Å². The molecular formula is C12H11OP. The quantitative estimate of drug-likeness (QED) is 0.742. The molecule has 1 N–H and O–H groups in total. The average Bonchev–Trinajstić information content (AvgIpc) is 2.30. The molecular weight excluding hydrogens is 191 g/mol. The molecule has 2 rings (SSSR count). The van der Waals surface area contributed by atoms with Crippen molar-refractivity contribution in [2.75, 3.05) is 0 Å². The van der Waals surface area contributed by atoms with E-state index >= 15 is 0 Å². The molecule has 14 heavy (non-hydrogen) atoms. The zero-order chi connectivity index (χ0) is 9.80. The lowest BCUT2D eigenvalue weighted by Gasteiger charge is -2.02. The molecule has 0 aliphatic heterocycles. The zero-order valence-electron chi connectivity index (χ0n) is 7.64. The average molecular weight is 202 g/mol. The van der Waals surface area contributed by atoms with Crippen LogP contribution in [0.5, 0.6) is 0 Å². The maximum absolute atomic E-state index is 9.04. The van der Waals surface area contributed by atoms with Crippen LogP contribution in [0.3, 0.4) is 0 Å². The van der Waals surface area contributed by atoms with Gasteiger partial charge in [-0.1, -0.05) is 48.5 Å². The molecule has 0 aliphatic carbocycles. The second-order valence-electron chi connectivity index (χ2n) is 3.06. The third-order valence-electron chi connectivity index (χ3n) is 2.10. The number of benzene rings is 2. The Balaban J connectivity index is 2.42. The first-order chi connectivity index (χ1) is 6.90. The highest BCUT2D eigenvalue weighted by Gasteiger charge is 1.97. The molecule has 1 nitrogen and oxygen atoms in total. The molecule has 0 saturated heterocycles. The van der Waals surface area contributed by atoms with Crippen LogP contribution in [0.15, 0.2) is 54.6 Å². The molecule has 1 atom stereocenters. The first kappa shape index (κ1) is 9.39. The standard InChI is InChI=1S/C12H11OP/c13-14-12-8-4-7-11(9-12)10-5-2-1-3-6-10/h1-9,13-14H. The summed E-state index contributed by atoms with van der Waals surface area (Å²) in [5, 5.41) is 0.978. The molecule has 2 aromatic rings. The fraction of sp³-hybridized carbons (Fsp3) is 0. The van der Waals surface area contributed by atoms with Gasteiger partial charge in [-0.25, -0.2) is 0 Å². The lowest BCUT2D eigenvalue weighted by atomic mass is 10.1. The molecule has 0 amide bonds. The van der Waals surface area contributed by atoms with Crippen LogP contribution in [0.4, 0.5) is 0 Å². The molecule has 0 spiro atoms. The highest BCUT2D eigenvalue weighted by Crippen LogP contribution is 2.18. The van der Waals surface area contributed by atoms with Gasteiger partial charge in [0.05, 0.1) is 0 Å². The predicted octanol–water partition coefficient (Wildman–Crippen LogP) is 2.56. The lowest BCUT2D eigenvalue weighted by Crippen LogP contribution is -1.92. The van der Waals surface area contributed by atoms with Gasteiger partial charge in [0.15, 0.2) is 0 Å². The summed E-state index contributed by atoms with van der Waals surface area (Å²) in [5.74, 6) is 0. The summed E-state index contributed by atoms with van der Waals surface area (Å²) in [5.41, 5.74) is 2.34. The molecule has 2 heteroatoms. The van der Waals surface area contributed by atoms with Gasteiger partial charge in [0.1, 0.15) is 0 Å². The highest BCUT2D eigenvalue weighted by atomic mass is 31.1. The zero-order valence-corrected chi connectivity index (χ0v) is 8.64. The van der Waals surface area contributed by atoms with Gasteiger partial charge in [0, 0.05) is 8.81 Å². The Morgan fingerprint density at radius 3 is 2.21 bits per heavy atom. The van der Waals surface area contributed by atoms with Crippen LogP contribution < -0.4 is 5.30 Å². The molecule has 2 aromatic carbocycles. The van der Waals surface area contributed by atoms with Crippen molar-refractivity contribution < 1.29 is 4.89 Å². The summed E-state index contributed by atoms with van der Waals surface area (Å²) in [7, 11) is -0.129. The molecule has 0 aromatic heterocycles. The van der Waals surface area contributed by atoms with Crippen molar-refractivity contribution in [2.24, 2.45) is 0 Å². The SMILES string of the molecule is OPc1cccc(-c2ccccc2)c1. The van der Waals surface area contributed by atoms with Crippen molar-refractivity contribution in [3.05, 3.63) is 54.6 Å². The second-order valence-corrected chi connectivity index (χ2v) is 3.86. The highest BCUT2D eigenvalue weighted by molar-refractivity contribution is 7.40. The summed E-state index contributed by atoms with van der Waals surface area (Å²) in [4.78, 5) is 9.04. The van der Waals surface area contributed by atoms with E-state index in [0.717, 1.165) is 10.9 Å². The first-order valence-electron chi connectivity index (χ1n) is 4.46. The van der Waals surface area contributed by atoms with Crippen molar-refractivity contribution in [1.29, 1.82) is 0 Å². The lowest BCUT2D eigenvalue weighted by molar-refractivity contribution is 0.655. The Labute approximate surface area is 85.3 Å². The molecule has 0 heterocycles. The van der Waals surface area contributed by atoms with Crippen molar-refractivity contribution in [2.45, 2.75) is 0 Å². The summed E-state index contributed by atoms with van der Waals surface area (Å²) in [6.07, 6.45) is 0. The maximum Gasteiger partial charge on any atom is 0.0420 e. The van der Waals surface area contributed by atoms with Gasteiger partial charge in [-0.05, 0) is 22.5 Å². The number of hydrogen-bond acceptors (Lipinski definition) is 1. The second kappa shape index (κ2) is 4.36. The molecule has 0 saturated carbocycles. The fourth-order valence-corrected chi connectivity index (χ4v) is 1.79. The van der Waals surface area contributed by atoms with E-state index in [2.05, 4.69) is 18.2 Å². The summed E-state index contributed by atoms with van der Waals surface area (Å²) in [6.45, 7) is 0. The van der Waals surface area contributed by atoms with E-state index in [1.54, 1.807) is 0 Å². The monoisotopic (exact) mass is 202 g/mol. The van der Waals surface area contributed by atoms with Gasteiger partial charge in [-0.3, -0.25) is 0 Å². The minimum atomic E-state index is -0.129. The van der Waals surface area contributed by atoms with Crippen LogP contribution in [0.25, 0.3) is 11.1 Å². The number of rotatable bonds is 2. The largest absolute Gasteiger partial charge is 0.372 e. The molecule has 0 fully saturated rings. The summed E-state index contributed by atoms with van der Waals surface area (Å²) < 4.78 is 0. The Morgan fingerprint density at radius 1 is 0.786 bits per heavy atom. The van der Waals surface area contributed by atoms with Crippen molar-refractivity contribution in [3.63, 3.8) is 0 Å².